The molecule has 0 aromatic carbocycles. The van der Waals surface area contributed by atoms with Gasteiger partial charge in [0.25, 0.3) is 12.3 Å². The van der Waals surface area contributed by atoms with E-state index in [2.05, 4.69) is 20.1 Å². The molecule has 1 aliphatic heterocycles. The first kappa shape index (κ1) is 22.2. The van der Waals surface area contributed by atoms with Crippen LogP contribution in [0.25, 0.3) is 0 Å². The monoisotopic (exact) mass is 489 g/mol. The quantitative estimate of drug-likeness (QED) is 0.483. The number of rotatable bonds is 6. The fourth-order valence-corrected chi connectivity index (χ4v) is 5.98. The zero-order chi connectivity index (χ0) is 22.9. The van der Waals surface area contributed by atoms with Crippen molar-refractivity contribution in [1.82, 2.24) is 20.1 Å². The normalized spacial score (nSPS) is 22.1. The Bertz CT molecular complexity index is 1110. The zero-order valence-corrected chi connectivity index (χ0v) is 19.2. The number of fused-ring (bicyclic) bond motifs is 1. The molecule has 2 aliphatic rings. The van der Waals surface area contributed by atoms with Crippen molar-refractivity contribution in [2.75, 3.05) is 18.0 Å². The van der Waals surface area contributed by atoms with Crippen molar-refractivity contribution in [3.05, 3.63) is 69.3 Å². The SMILES string of the molecule is O=C(c1ccc(C(F)F)s1)N1C[C@@H]2CC[C@@H](N(Cc3ccncc3)c3ccc(Cl)nn3)[C@@H]2C1. The van der Waals surface area contributed by atoms with Crippen LogP contribution in [-0.4, -0.2) is 45.1 Å². The third-order valence-corrected chi connectivity index (χ3v) is 7.86. The Morgan fingerprint density at radius 1 is 1.12 bits per heavy atom. The molecule has 5 rings (SSSR count). The van der Waals surface area contributed by atoms with Gasteiger partial charge in [-0.15, -0.1) is 21.5 Å². The van der Waals surface area contributed by atoms with E-state index in [-0.39, 0.29) is 22.7 Å². The number of carbonyl (C=O) groups is 1. The molecule has 10 heteroatoms. The minimum absolute atomic E-state index is 0.0690. The summed E-state index contributed by atoms with van der Waals surface area (Å²) in [5.74, 6) is 1.22. The molecule has 3 aromatic rings. The van der Waals surface area contributed by atoms with Crippen molar-refractivity contribution >= 4 is 34.7 Å². The molecule has 6 nitrogen and oxygen atoms in total. The van der Waals surface area contributed by atoms with Gasteiger partial charge in [0, 0.05) is 44.0 Å². The Hall–Kier alpha value is -2.65. The lowest BCUT2D eigenvalue weighted by Gasteiger charge is -2.34. The number of hydrogen-bond acceptors (Lipinski definition) is 6. The number of carbonyl (C=O) groups excluding carboxylic acids is 1. The molecular formula is C23H22ClF2N5OS. The van der Waals surface area contributed by atoms with Crippen molar-refractivity contribution in [2.24, 2.45) is 11.8 Å². The average molecular weight is 490 g/mol. The Balaban J connectivity index is 1.37. The maximum Gasteiger partial charge on any atom is 0.272 e. The summed E-state index contributed by atoms with van der Waals surface area (Å²) in [5.41, 5.74) is 1.11. The summed E-state index contributed by atoms with van der Waals surface area (Å²) >= 11 is 6.85. The molecule has 33 heavy (non-hydrogen) atoms. The number of likely N-dealkylation sites (tertiary alicyclic amines) is 1. The fourth-order valence-electron chi connectivity index (χ4n) is 5.05. The van der Waals surface area contributed by atoms with Gasteiger partial charge in [-0.2, -0.15) is 0 Å². The van der Waals surface area contributed by atoms with Gasteiger partial charge in [0.05, 0.1) is 9.75 Å². The van der Waals surface area contributed by atoms with E-state index in [0.29, 0.717) is 35.6 Å². The van der Waals surface area contributed by atoms with Crippen LogP contribution < -0.4 is 4.90 Å². The highest BCUT2D eigenvalue weighted by Crippen LogP contribution is 2.43. The average Bonchev–Trinajstić information content (AvgIpc) is 3.55. The predicted octanol–water partition coefficient (Wildman–Crippen LogP) is 5.08. The van der Waals surface area contributed by atoms with Gasteiger partial charge in [-0.25, -0.2) is 8.78 Å². The lowest BCUT2D eigenvalue weighted by molar-refractivity contribution is 0.0784. The first-order valence-electron chi connectivity index (χ1n) is 10.8. The topological polar surface area (TPSA) is 62.2 Å². The molecule has 3 aromatic heterocycles. The Kier molecular flexibility index (Phi) is 6.25. The van der Waals surface area contributed by atoms with Crippen LogP contribution in [0.3, 0.4) is 0 Å². The van der Waals surface area contributed by atoms with E-state index in [4.69, 9.17) is 11.6 Å². The standard InChI is InChI=1S/C23H22ClF2N5OS/c24-20-5-6-21(29-28-20)31(11-14-7-9-27-10-8-14)17-2-1-15-12-30(13-16(15)17)23(32)19-4-3-18(33-19)22(25)26/h3-10,15-17,22H,1-2,11-13H2/t15-,16+,17+/m0/s1. The zero-order valence-electron chi connectivity index (χ0n) is 17.7. The Morgan fingerprint density at radius 2 is 1.94 bits per heavy atom. The molecule has 0 N–H and O–H groups in total. The van der Waals surface area contributed by atoms with Crippen molar-refractivity contribution in [3.63, 3.8) is 0 Å². The minimum Gasteiger partial charge on any atom is -0.347 e. The summed E-state index contributed by atoms with van der Waals surface area (Å²) in [6.07, 6.45) is 2.97. The fraction of sp³-hybridized carbons (Fsp3) is 0.391. The number of aromatic nitrogens is 3. The van der Waals surface area contributed by atoms with E-state index < -0.39 is 6.43 Å². The molecule has 0 radical (unpaired) electrons. The molecule has 1 saturated carbocycles. The lowest BCUT2D eigenvalue weighted by atomic mass is 9.96. The number of amides is 1. The Morgan fingerprint density at radius 3 is 2.64 bits per heavy atom. The summed E-state index contributed by atoms with van der Waals surface area (Å²) in [6, 6.07) is 10.6. The van der Waals surface area contributed by atoms with E-state index in [1.807, 2.05) is 23.1 Å². The molecule has 0 spiro atoms. The van der Waals surface area contributed by atoms with Crippen molar-refractivity contribution in [1.29, 1.82) is 0 Å². The highest BCUT2D eigenvalue weighted by molar-refractivity contribution is 7.14. The summed E-state index contributed by atoms with van der Waals surface area (Å²) < 4.78 is 25.9. The van der Waals surface area contributed by atoms with Crippen LogP contribution in [0.1, 0.15) is 39.4 Å². The molecule has 0 bridgehead atoms. The Labute approximate surface area is 199 Å². The van der Waals surface area contributed by atoms with Gasteiger partial charge in [0.2, 0.25) is 0 Å². The highest BCUT2D eigenvalue weighted by atomic mass is 35.5. The van der Waals surface area contributed by atoms with Crippen molar-refractivity contribution < 1.29 is 13.6 Å². The second-order valence-corrected chi connectivity index (χ2v) is 9.98. The van der Waals surface area contributed by atoms with Crippen molar-refractivity contribution in [2.45, 2.75) is 31.9 Å². The molecule has 1 saturated heterocycles. The maximum atomic E-state index is 13.0. The third kappa shape index (κ3) is 4.56. The van der Waals surface area contributed by atoms with Crippen LogP contribution >= 0.6 is 22.9 Å². The molecule has 1 aliphatic carbocycles. The molecule has 4 heterocycles. The smallest absolute Gasteiger partial charge is 0.272 e. The third-order valence-electron chi connectivity index (χ3n) is 6.57. The van der Waals surface area contributed by atoms with Gasteiger partial charge in [-0.1, -0.05) is 11.6 Å². The summed E-state index contributed by atoms with van der Waals surface area (Å²) in [4.78, 5) is 21.5. The maximum absolute atomic E-state index is 13.0. The minimum atomic E-state index is -2.55. The van der Waals surface area contributed by atoms with Gasteiger partial charge < -0.3 is 9.80 Å². The number of thiophene rings is 1. The van der Waals surface area contributed by atoms with Crippen LogP contribution in [0.2, 0.25) is 5.15 Å². The predicted molar refractivity (Wildman–Crippen MR) is 123 cm³/mol. The first-order chi connectivity index (χ1) is 16.0. The van der Waals surface area contributed by atoms with E-state index in [1.54, 1.807) is 18.5 Å². The lowest BCUT2D eigenvalue weighted by Crippen LogP contribution is -2.41. The van der Waals surface area contributed by atoms with Gasteiger partial charge >= 0.3 is 0 Å². The number of pyridine rings is 1. The van der Waals surface area contributed by atoms with E-state index in [1.165, 1.54) is 12.1 Å². The second-order valence-electron chi connectivity index (χ2n) is 8.48. The summed E-state index contributed by atoms with van der Waals surface area (Å²) in [7, 11) is 0. The molecule has 172 valence electrons. The van der Waals surface area contributed by atoms with E-state index >= 15 is 0 Å². The van der Waals surface area contributed by atoms with E-state index in [0.717, 1.165) is 35.6 Å². The molecule has 2 fully saturated rings. The first-order valence-corrected chi connectivity index (χ1v) is 12.0. The highest BCUT2D eigenvalue weighted by Gasteiger charge is 2.46. The van der Waals surface area contributed by atoms with Gasteiger partial charge in [0.15, 0.2) is 11.0 Å². The number of hydrogen-bond donors (Lipinski definition) is 0. The number of anilines is 1. The van der Waals surface area contributed by atoms with Gasteiger partial charge in [-0.3, -0.25) is 9.78 Å². The molecular weight excluding hydrogens is 468 g/mol. The number of nitrogens with zero attached hydrogens (tertiary/aromatic N) is 5. The van der Waals surface area contributed by atoms with E-state index in [9.17, 15) is 13.6 Å². The summed E-state index contributed by atoms with van der Waals surface area (Å²) in [5, 5.41) is 8.70. The van der Waals surface area contributed by atoms with Crippen LogP contribution in [0.4, 0.5) is 14.6 Å². The van der Waals surface area contributed by atoms with Gasteiger partial charge in [0.1, 0.15) is 0 Å². The molecule has 3 atom stereocenters. The largest absolute Gasteiger partial charge is 0.347 e. The molecule has 1 amide bonds. The van der Waals surface area contributed by atoms with Crippen LogP contribution in [0.5, 0.6) is 0 Å². The number of alkyl halides is 2. The van der Waals surface area contributed by atoms with Gasteiger partial charge in [-0.05, 0) is 60.7 Å². The van der Waals surface area contributed by atoms with Crippen LogP contribution in [0.15, 0.2) is 48.8 Å². The van der Waals surface area contributed by atoms with Crippen LogP contribution in [0, 0.1) is 11.8 Å². The summed E-state index contributed by atoms with van der Waals surface area (Å²) in [6.45, 7) is 1.89. The number of halogens is 3. The van der Waals surface area contributed by atoms with Crippen LogP contribution in [-0.2, 0) is 6.54 Å². The van der Waals surface area contributed by atoms with Crippen molar-refractivity contribution in [3.8, 4) is 0 Å². The second kappa shape index (κ2) is 9.30. The molecule has 0 unspecified atom stereocenters.